The Morgan fingerprint density at radius 3 is 1.81 bits per heavy atom. The zero-order chi connectivity index (χ0) is 35.6. The molecule has 252 valence electrons. The van der Waals surface area contributed by atoms with Crippen molar-refractivity contribution in [2.45, 2.75) is 0 Å². The molecule has 0 fully saturated rings. The summed E-state index contributed by atoms with van der Waals surface area (Å²) < 4.78 is 8.96. The molecule has 11 rings (SSSR count). The van der Waals surface area contributed by atoms with E-state index in [0.717, 1.165) is 78.1 Å². The molecule has 8 aromatic carbocycles. The van der Waals surface area contributed by atoms with Gasteiger partial charge >= 0.3 is 0 Å². The Morgan fingerprint density at radius 1 is 0.389 bits per heavy atom. The van der Waals surface area contributed by atoms with Crippen LogP contribution in [0.15, 0.2) is 188 Å². The third kappa shape index (κ3) is 4.70. The number of fused-ring (bicyclic) bond motifs is 9. The van der Waals surface area contributed by atoms with Gasteiger partial charge in [0.25, 0.3) is 0 Å². The van der Waals surface area contributed by atoms with E-state index in [1.165, 1.54) is 21.9 Å². The van der Waals surface area contributed by atoms with Crippen molar-refractivity contribution in [3.05, 3.63) is 188 Å². The molecule has 0 atom stereocenters. The number of benzene rings is 8. The summed E-state index contributed by atoms with van der Waals surface area (Å²) >= 11 is 0. The molecule has 0 spiro atoms. The van der Waals surface area contributed by atoms with E-state index in [2.05, 4.69) is 174 Å². The lowest BCUT2D eigenvalue weighted by Gasteiger charge is -2.16. The van der Waals surface area contributed by atoms with Crippen molar-refractivity contribution in [2.24, 2.45) is 0 Å². The van der Waals surface area contributed by atoms with Crippen LogP contribution in [0, 0.1) is 0 Å². The lowest BCUT2D eigenvalue weighted by atomic mass is 9.96. The summed E-state index contributed by atoms with van der Waals surface area (Å²) in [7, 11) is 0. The number of ether oxygens (including phenoxy) is 1. The maximum absolute atomic E-state index is 6.68. The van der Waals surface area contributed by atoms with Gasteiger partial charge in [-0.05, 0) is 51.7 Å². The molecule has 10 aromatic rings. The van der Waals surface area contributed by atoms with Crippen LogP contribution in [0.5, 0.6) is 11.5 Å². The van der Waals surface area contributed by atoms with Gasteiger partial charge in [-0.25, -0.2) is 9.97 Å². The molecular formula is C50H31N3O. The van der Waals surface area contributed by atoms with Gasteiger partial charge in [-0.1, -0.05) is 164 Å². The lowest BCUT2D eigenvalue weighted by Crippen LogP contribution is -2.06. The number of hydrogen-bond acceptors (Lipinski definition) is 3. The average Bonchev–Trinajstić information content (AvgIpc) is 3.51. The topological polar surface area (TPSA) is 39.9 Å². The van der Waals surface area contributed by atoms with E-state index in [0.29, 0.717) is 5.95 Å². The third-order valence-corrected chi connectivity index (χ3v) is 10.6. The normalized spacial score (nSPS) is 11.9. The zero-order valence-corrected chi connectivity index (χ0v) is 29.1. The van der Waals surface area contributed by atoms with E-state index in [1.54, 1.807) is 0 Å². The number of rotatable bonds is 4. The van der Waals surface area contributed by atoms with Crippen molar-refractivity contribution >= 4 is 32.6 Å². The summed E-state index contributed by atoms with van der Waals surface area (Å²) in [6.45, 7) is 0. The summed E-state index contributed by atoms with van der Waals surface area (Å²) in [4.78, 5) is 10.9. The van der Waals surface area contributed by atoms with E-state index in [4.69, 9.17) is 14.7 Å². The molecule has 0 aliphatic carbocycles. The van der Waals surface area contributed by atoms with Crippen LogP contribution in [-0.4, -0.2) is 14.5 Å². The summed E-state index contributed by atoms with van der Waals surface area (Å²) in [5, 5.41) is 4.58. The number of para-hydroxylation sites is 4. The molecular weight excluding hydrogens is 659 g/mol. The minimum atomic E-state index is 0.602. The molecule has 0 saturated heterocycles. The molecule has 3 heterocycles. The minimum absolute atomic E-state index is 0.602. The highest BCUT2D eigenvalue weighted by molar-refractivity contribution is 6.12. The van der Waals surface area contributed by atoms with Crippen LogP contribution >= 0.6 is 0 Å². The molecule has 0 bridgehead atoms. The molecule has 0 radical (unpaired) electrons. The van der Waals surface area contributed by atoms with Gasteiger partial charge in [-0.15, -0.1) is 0 Å². The van der Waals surface area contributed by atoms with Crippen LogP contribution < -0.4 is 4.74 Å². The Hall–Kier alpha value is -7.30. The van der Waals surface area contributed by atoms with Gasteiger partial charge in [0.1, 0.15) is 11.5 Å². The van der Waals surface area contributed by atoms with Crippen molar-refractivity contribution in [1.82, 2.24) is 14.5 Å². The SMILES string of the molecule is c1ccc(-c2cccc3c4c(n(-c5nc(-c6ccc(-c7cccc8ccccc78)cc6)c6ccccc6n5)c23)-c2ccccc2Oc2ccccc2-4)cc1. The monoisotopic (exact) mass is 689 g/mol. The van der Waals surface area contributed by atoms with Crippen LogP contribution in [0.1, 0.15) is 0 Å². The fourth-order valence-corrected chi connectivity index (χ4v) is 8.22. The molecule has 0 N–H and O–H groups in total. The molecule has 54 heavy (non-hydrogen) atoms. The Labute approximate surface area is 312 Å². The fourth-order valence-electron chi connectivity index (χ4n) is 8.22. The maximum Gasteiger partial charge on any atom is 0.235 e. The van der Waals surface area contributed by atoms with Crippen LogP contribution in [0.25, 0.3) is 94.4 Å². The predicted molar refractivity (Wildman–Crippen MR) is 221 cm³/mol. The van der Waals surface area contributed by atoms with Crippen molar-refractivity contribution in [3.8, 4) is 73.3 Å². The van der Waals surface area contributed by atoms with E-state index < -0.39 is 0 Å². The van der Waals surface area contributed by atoms with Crippen LogP contribution in [0.2, 0.25) is 0 Å². The first-order chi connectivity index (χ1) is 26.8. The lowest BCUT2D eigenvalue weighted by molar-refractivity contribution is 0.487. The first-order valence-electron chi connectivity index (χ1n) is 18.3. The predicted octanol–water partition coefficient (Wildman–Crippen LogP) is 13.2. The largest absolute Gasteiger partial charge is 0.456 e. The van der Waals surface area contributed by atoms with Gasteiger partial charge in [0, 0.05) is 38.6 Å². The quantitative estimate of drug-likeness (QED) is 0.185. The van der Waals surface area contributed by atoms with Crippen molar-refractivity contribution in [3.63, 3.8) is 0 Å². The van der Waals surface area contributed by atoms with Crippen LogP contribution in [0.4, 0.5) is 0 Å². The number of nitrogens with zero attached hydrogens (tertiary/aromatic N) is 3. The van der Waals surface area contributed by atoms with E-state index in [9.17, 15) is 0 Å². The number of hydrogen-bond donors (Lipinski definition) is 0. The summed E-state index contributed by atoms with van der Waals surface area (Å²) in [5.41, 5.74) is 12.6. The Morgan fingerprint density at radius 2 is 0.963 bits per heavy atom. The van der Waals surface area contributed by atoms with Crippen molar-refractivity contribution < 1.29 is 4.74 Å². The average molecular weight is 690 g/mol. The highest BCUT2D eigenvalue weighted by Crippen LogP contribution is 2.52. The van der Waals surface area contributed by atoms with Gasteiger partial charge < -0.3 is 4.74 Å². The fraction of sp³-hybridized carbons (Fsp3) is 0. The van der Waals surface area contributed by atoms with Crippen molar-refractivity contribution in [1.29, 1.82) is 0 Å². The van der Waals surface area contributed by atoms with E-state index in [-0.39, 0.29) is 0 Å². The minimum Gasteiger partial charge on any atom is -0.456 e. The van der Waals surface area contributed by atoms with Gasteiger partial charge in [-0.2, -0.15) is 0 Å². The molecule has 2 aromatic heterocycles. The molecule has 4 heteroatoms. The van der Waals surface area contributed by atoms with Gasteiger partial charge in [0.15, 0.2) is 0 Å². The summed E-state index contributed by atoms with van der Waals surface area (Å²) in [5.74, 6) is 2.21. The van der Waals surface area contributed by atoms with Crippen LogP contribution in [-0.2, 0) is 0 Å². The molecule has 0 amide bonds. The first-order valence-corrected chi connectivity index (χ1v) is 18.3. The van der Waals surface area contributed by atoms with E-state index >= 15 is 0 Å². The number of aromatic nitrogens is 3. The van der Waals surface area contributed by atoms with Crippen LogP contribution in [0.3, 0.4) is 0 Å². The molecule has 0 saturated carbocycles. The second-order valence-electron chi connectivity index (χ2n) is 13.7. The summed E-state index contributed by atoms with van der Waals surface area (Å²) in [6, 6.07) is 66.0. The second-order valence-corrected chi connectivity index (χ2v) is 13.7. The van der Waals surface area contributed by atoms with E-state index in [1.807, 2.05) is 18.2 Å². The second kappa shape index (κ2) is 12.1. The Balaban J connectivity index is 1.21. The van der Waals surface area contributed by atoms with Gasteiger partial charge in [0.05, 0.1) is 22.4 Å². The first kappa shape index (κ1) is 30.3. The highest BCUT2D eigenvalue weighted by atomic mass is 16.5. The molecule has 4 nitrogen and oxygen atoms in total. The van der Waals surface area contributed by atoms with Gasteiger partial charge in [0.2, 0.25) is 5.95 Å². The molecule has 1 aliphatic heterocycles. The summed E-state index contributed by atoms with van der Waals surface area (Å²) in [6.07, 6.45) is 0. The highest BCUT2D eigenvalue weighted by Gasteiger charge is 2.30. The van der Waals surface area contributed by atoms with Crippen molar-refractivity contribution in [2.75, 3.05) is 0 Å². The maximum atomic E-state index is 6.68. The zero-order valence-electron chi connectivity index (χ0n) is 29.1. The Bertz CT molecular complexity index is 3070. The standard InChI is InChI=1S/C50H31N3O/c1-2-14-33(15-3-1)38-23-13-24-42-46-40-20-7-10-26-44(40)54-45-27-11-8-21-41(45)49(46)53(48(38)42)50-51-43-25-9-6-19-39(43)47(52-50)35-30-28-34(29-31-35)37-22-12-17-32-16-4-5-18-36(32)37/h1-31H. The third-order valence-electron chi connectivity index (χ3n) is 10.6. The molecule has 0 unspecified atom stereocenters. The van der Waals surface area contributed by atoms with Gasteiger partial charge in [-0.3, -0.25) is 4.57 Å². The smallest absolute Gasteiger partial charge is 0.235 e. The molecule has 1 aliphatic rings. The Kier molecular flexibility index (Phi) is 6.82.